The zero-order chi connectivity index (χ0) is 23.4. The Hall–Kier alpha value is -0.998. The predicted molar refractivity (Wildman–Crippen MR) is 137 cm³/mol. The average molecular weight is 657 g/mol. The van der Waals surface area contributed by atoms with E-state index in [1.54, 1.807) is 0 Å². The van der Waals surface area contributed by atoms with Gasteiger partial charge < -0.3 is 0 Å². The van der Waals surface area contributed by atoms with Crippen LogP contribution < -0.4 is 9.13 Å². The van der Waals surface area contributed by atoms with Gasteiger partial charge in [0, 0.05) is 20.3 Å². The van der Waals surface area contributed by atoms with Crippen LogP contribution in [0, 0.1) is 13.8 Å². The summed E-state index contributed by atoms with van der Waals surface area (Å²) in [5.74, 6) is 2.68. The van der Waals surface area contributed by atoms with Gasteiger partial charge in [0.1, 0.15) is 0 Å². The van der Waals surface area contributed by atoms with E-state index >= 15 is 0 Å². The van der Waals surface area contributed by atoms with E-state index in [1.807, 2.05) is 0 Å². The standard InChI is InChI=1S/C25H34N4.2BrH.Pd/c1-18(2)28-20(5)26(22-12-7-9-14-24(22)28)16-11-17-27-21(6)29(19(3)4)25-15-10-8-13-23(25)27;;;/h7-10,12-15,18-19H,11,16-17H2,1-6H3;2*1H;/q+2;;;+2/p-2. The van der Waals surface area contributed by atoms with Crippen LogP contribution in [0.2, 0.25) is 0 Å². The molecule has 4 rings (SSSR count). The molecule has 0 bridgehead atoms. The third kappa shape index (κ3) is 5.07. The Kier molecular flexibility index (Phi) is 9.15. The second-order valence-electron chi connectivity index (χ2n) is 8.70. The average Bonchev–Trinajstić information content (AvgIpc) is 3.19. The van der Waals surface area contributed by atoms with Crippen LogP contribution in [0.4, 0.5) is 0 Å². The molecule has 0 spiro atoms. The van der Waals surface area contributed by atoms with E-state index in [0.717, 1.165) is 19.5 Å². The number of aryl methyl sites for hydroxylation is 2. The Morgan fingerprint density at radius 1 is 0.719 bits per heavy atom. The molecule has 2 aromatic heterocycles. The number of halogens is 2. The van der Waals surface area contributed by atoms with Gasteiger partial charge in [0.2, 0.25) is 0 Å². The van der Waals surface area contributed by atoms with Gasteiger partial charge in [-0.05, 0) is 52.0 Å². The molecule has 7 heteroatoms. The first-order chi connectivity index (χ1) is 15.3. The summed E-state index contributed by atoms with van der Waals surface area (Å²) in [7, 11) is 0. The molecular weight excluding hydrogens is 623 g/mol. The van der Waals surface area contributed by atoms with E-state index in [1.165, 1.54) is 33.7 Å². The van der Waals surface area contributed by atoms with Crippen LogP contribution in [0.5, 0.6) is 0 Å². The Balaban J connectivity index is 0.000000913. The summed E-state index contributed by atoms with van der Waals surface area (Å²) >= 11 is 6.80. The molecule has 0 saturated heterocycles. The summed E-state index contributed by atoms with van der Waals surface area (Å²) in [6.07, 6.45) is 1.11. The molecule has 0 N–H and O–H groups in total. The molecule has 0 aliphatic carbocycles. The van der Waals surface area contributed by atoms with Crippen LogP contribution in [0.25, 0.3) is 22.1 Å². The molecule has 0 aliphatic heterocycles. The summed E-state index contributed by atoms with van der Waals surface area (Å²) in [5.41, 5.74) is 5.34. The Morgan fingerprint density at radius 3 is 1.41 bits per heavy atom. The van der Waals surface area contributed by atoms with Crippen molar-refractivity contribution < 1.29 is 23.1 Å². The molecule has 0 unspecified atom stereocenters. The molecule has 0 atom stereocenters. The van der Waals surface area contributed by atoms with Gasteiger partial charge in [-0.25, -0.2) is 18.3 Å². The summed E-state index contributed by atoms with van der Waals surface area (Å²) in [6, 6.07) is 18.5. The molecule has 0 fully saturated rings. The third-order valence-electron chi connectivity index (χ3n) is 6.14. The van der Waals surface area contributed by atoms with E-state index in [4.69, 9.17) is 0 Å². The van der Waals surface area contributed by atoms with Crippen molar-refractivity contribution in [1.82, 2.24) is 9.13 Å². The zero-order valence-electron chi connectivity index (χ0n) is 19.8. The maximum absolute atomic E-state index is 3.11. The van der Waals surface area contributed by atoms with E-state index in [-0.39, 0.29) is 0 Å². The normalized spacial score (nSPS) is 11.7. The third-order valence-corrected chi connectivity index (χ3v) is 6.14. The van der Waals surface area contributed by atoms with Gasteiger partial charge in [-0.2, -0.15) is 0 Å². The SMILES string of the molecule is Cc1n(C(C)C)c2ccccc2[n+]1CCC[n+]1c(C)n(C(C)C)c2ccccc21.[Br][Pd][Br]. The number of imidazole rings is 2. The van der Waals surface area contributed by atoms with Crippen LogP contribution in [0.15, 0.2) is 48.5 Å². The van der Waals surface area contributed by atoms with E-state index in [0.29, 0.717) is 26.0 Å². The molecule has 0 aliphatic rings. The van der Waals surface area contributed by atoms with Gasteiger partial charge in [-0.15, -0.1) is 0 Å². The van der Waals surface area contributed by atoms with Crippen LogP contribution in [0.3, 0.4) is 0 Å². The van der Waals surface area contributed by atoms with E-state index in [9.17, 15) is 0 Å². The minimum absolute atomic E-state index is 0.460. The number of hydrogen-bond acceptors (Lipinski definition) is 0. The minimum atomic E-state index is 0.460. The van der Waals surface area contributed by atoms with Crippen molar-refractivity contribution in [2.45, 2.75) is 73.1 Å². The molecule has 4 aromatic rings. The van der Waals surface area contributed by atoms with Gasteiger partial charge in [-0.3, -0.25) is 0 Å². The van der Waals surface area contributed by atoms with Crippen molar-refractivity contribution in [3.05, 3.63) is 60.2 Å². The monoisotopic (exact) mass is 654 g/mol. The molecule has 2 heterocycles. The first-order valence-electron chi connectivity index (χ1n) is 11.1. The topological polar surface area (TPSA) is 17.6 Å². The van der Waals surface area contributed by atoms with Gasteiger partial charge in [0.15, 0.2) is 22.1 Å². The number of fused-ring (bicyclic) bond motifs is 2. The first kappa shape index (κ1) is 25.6. The molecule has 176 valence electrons. The second kappa shape index (κ2) is 11.4. The van der Waals surface area contributed by atoms with Crippen LogP contribution in [-0.2, 0) is 27.0 Å². The van der Waals surface area contributed by atoms with Gasteiger partial charge >= 0.3 is 40.8 Å². The number of para-hydroxylation sites is 4. The quantitative estimate of drug-likeness (QED) is 0.162. The summed E-state index contributed by atoms with van der Waals surface area (Å²) in [4.78, 5) is 0. The van der Waals surface area contributed by atoms with Crippen LogP contribution >= 0.6 is 26.9 Å². The number of aromatic nitrogens is 4. The molecule has 0 amide bonds. The van der Waals surface area contributed by atoms with Crippen molar-refractivity contribution >= 4 is 48.9 Å². The summed E-state index contributed by atoms with van der Waals surface area (Å²) in [6.45, 7) is 15.6. The number of rotatable bonds is 6. The fourth-order valence-electron chi connectivity index (χ4n) is 5.00. The molecule has 0 radical (unpaired) electrons. The van der Waals surface area contributed by atoms with Crippen molar-refractivity contribution in [1.29, 1.82) is 0 Å². The summed E-state index contributed by atoms with van der Waals surface area (Å²) < 4.78 is 9.90. The zero-order valence-corrected chi connectivity index (χ0v) is 24.5. The summed E-state index contributed by atoms with van der Waals surface area (Å²) in [5, 5.41) is 0. The van der Waals surface area contributed by atoms with Gasteiger partial charge in [0.05, 0.1) is 25.2 Å². The first-order valence-corrected chi connectivity index (χ1v) is 18.3. The van der Waals surface area contributed by atoms with Gasteiger partial charge in [-0.1, -0.05) is 24.3 Å². The van der Waals surface area contributed by atoms with Crippen molar-refractivity contribution in [2.75, 3.05) is 0 Å². The fourth-order valence-corrected chi connectivity index (χ4v) is 5.00. The molecule has 32 heavy (non-hydrogen) atoms. The molecule has 4 nitrogen and oxygen atoms in total. The number of hydrogen-bond donors (Lipinski definition) is 0. The van der Waals surface area contributed by atoms with Crippen LogP contribution in [-0.4, -0.2) is 9.13 Å². The Labute approximate surface area is 213 Å². The molecule has 2 aromatic carbocycles. The number of nitrogens with zero attached hydrogens (tertiary/aromatic N) is 4. The molecular formula is C25H34Br2N4Pd+2. The second-order valence-corrected chi connectivity index (χ2v) is 15.9. The van der Waals surface area contributed by atoms with E-state index < -0.39 is 0 Å². The Morgan fingerprint density at radius 2 is 1.06 bits per heavy atom. The van der Waals surface area contributed by atoms with Crippen molar-refractivity contribution in [2.24, 2.45) is 0 Å². The maximum atomic E-state index is 3.11. The van der Waals surface area contributed by atoms with Crippen LogP contribution in [0.1, 0.15) is 57.8 Å². The molecule has 0 saturated carbocycles. The van der Waals surface area contributed by atoms with Crippen molar-refractivity contribution in [3.8, 4) is 0 Å². The van der Waals surface area contributed by atoms with Gasteiger partial charge in [0.25, 0.3) is 11.6 Å². The Bertz CT molecular complexity index is 1100. The van der Waals surface area contributed by atoms with Crippen molar-refractivity contribution in [3.63, 3.8) is 0 Å². The van der Waals surface area contributed by atoms with E-state index in [2.05, 4.69) is 135 Å². The predicted octanol–water partition coefficient (Wildman–Crippen LogP) is 6.73. The fraction of sp³-hybridized carbons (Fsp3) is 0.440. The number of benzene rings is 2.